The van der Waals surface area contributed by atoms with Gasteiger partial charge in [0.2, 0.25) is 0 Å². The highest BCUT2D eigenvalue weighted by atomic mass is 35.5. The van der Waals surface area contributed by atoms with Crippen LogP contribution in [0.1, 0.15) is 21.0 Å². The van der Waals surface area contributed by atoms with Crippen molar-refractivity contribution in [2.24, 2.45) is 0 Å². The maximum atomic E-state index is 12.2. The molecule has 0 spiro atoms. The van der Waals surface area contributed by atoms with E-state index in [1.807, 2.05) is 30.3 Å². The topological polar surface area (TPSA) is 100 Å². The van der Waals surface area contributed by atoms with Crippen LogP contribution >= 0.6 is 11.6 Å². The minimum Gasteiger partial charge on any atom is -0.451 e. The number of carbonyl (C=O) groups is 2. The van der Waals surface area contributed by atoms with Gasteiger partial charge in [-0.15, -0.1) is 0 Å². The number of fused-ring (bicyclic) bond motifs is 1. The second-order valence-corrected chi connectivity index (χ2v) is 6.17. The van der Waals surface area contributed by atoms with Crippen LogP contribution in [0.3, 0.4) is 0 Å². The Labute approximate surface area is 158 Å². The standard InChI is InChI=1S/C19H13ClN4O3/c20-13-6-7-16-12(8-13)9-17(27-16)19(26)24-23-18(25)15-10-14(21-22-15)11-4-2-1-3-5-11/h1-10H,(H,21,22)(H,23,25)(H,24,26). The number of hydrogen-bond acceptors (Lipinski definition) is 4. The summed E-state index contributed by atoms with van der Waals surface area (Å²) in [5, 5.41) is 7.98. The van der Waals surface area contributed by atoms with Crippen molar-refractivity contribution >= 4 is 34.4 Å². The first-order valence-corrected chi connectivity index (χ1v) is 8.38. The molecule has 2 aromatic carbocycles. The van der Waals surface area contributed by atoms with Crippen molar-refractivity contribution in [3.63, 3.8) is 0 Å². The van der Waals surface area contributed by atoms with Crippen LogP contribution in [0, 0.1) is 0 Å². The molecule has 0 aliphatic heterocycles. The Morgan fingerprint density at radius 2 is 1.74 bits per heavy atom. The number of benzene rings is 2. The second-order valence-electron chi connectivity index (χ2n) is 5.73. The zero-order valence-corrected chi connectivity index (χ0v) is 14.6. The molecule has 3 N–H and O–H groups in total. The number of hydrogen-bond donors (Lipinski definition) is 3. The van der Waals surface area contributed by atoms with Gasteiger partial charge in [0, 0.05) is 16.0 Å². The Balaban J connectivity index is 1.42. The van der Waals surface area contributed by atoms with Crippen LogP contribution in [0.4, 0.5) is 0 Å². The van der Waals surface area contributed by atoms with E-state index in [0.29, 0.717) is 21.7 Å². The number of H-pyrrole nitrogens is 1. The highest BCUT2D eigenvalue weighted by molar-refractivity contribution is 6.31. The van der Waals surface area contributed by atoms with E-state index in [2.05, 4.69) is 21.0 Å². The van der Waals surface area contributed by atoms with E-state index in [9.17, 15) is 9.59 Å². The molecule has 2 aromatic heterocycles. The van der Waals surface area contributed by atoms with Crippen molar-refractivity contribution in [2.45, 2.75) is 0 Å². The first kappa shape index (κ1) is 16.9. The third-order valence-electron chi connectivity index (χ3n) is 3.88. The normalized spacial score (nSPS) is 10.7. The summed E-state index contributed by atoms with van der Waals surface area (Å²) in [6.45, 7) is 0. The smallest absolute Gasteiger partial charge is 0.305 e. The van der Waals surface area contributed by atoms with Crippen LogP contribution in [0.5, 0.6) is 0 Å². The van der Waals surface area contributed by atoms with E-state index in [-0.39, 0.29) is 11.5 Å². The lowest BCUT2D eigenvalue weighted by Gasteiger charge is -2.03. The predicted molar refractivity (Wildman–Crippen MR) is 100 cm³/mol. The number of aromatic amines is 1. The minimum atomic E-state index is -0.585. The molecule has 0 radical (unpaired) electrons. The van der Waals surface area contributed by atoms with E-state index >= 15 is 0 Å². The zero-order valence-electron chi connectivity index (χ0n) is 13.8. The van der Waals surface area contributed by atoms with Gasteiger partial charge in [-0.05, 0) is 30.3 Å². The van der Waals surface area contributed by atoms with Gasteiger partial charge < -0.3 is 4.42 Å². The van der Waals surface area contributed by atoms with Crippen molar-refractivity contribution < 1.29 is 14.0 Å². The molecule has 0 fully saturated rings. The lowest BCUT2D eigenvalue weighted by atomic mass is 10.1. The molecule has 0 saturated carbocycles. The fourth-order valence-corrected chi connectivity index (χ4v) is 2.74. The molecule has 8 heteroatoms. The third kappa shape index (κ3) is 3.54. The quantitative estimate of drug-likeness (QED) is 0.473. The molecule has 2 amide bonds. The fourth-order valence-electron chi connectivity index (χ4n) is 2.56. The summed E-state index contributed by atoms with van der Waals surface area (Å²) in [7, 11) is 0. The summed E-state index contributed by atoms with van der Waals surface area (Å²) in [6, 6.07) is 17.6. The Kier molecular flexibility index (Phi) is 4.35. The van der Waals surface area contributed by atoms with Crippen molar-refractivity contribution in [1.82, 2.24) is 21.0 Å². The number of rotatable bonds is 3. The summed E-state index contributed by atoms with van der Waals surface area (Å²) in [4.78, 5) is 24.4. The van der Waals surface area contributed by atoms with Crippen LogP contribution in [0.25, 0.3) is 22.2 Å². The third-order valence-corrected chi connectivity index (χ3v) is 4.12. The molecule has 0 aliphatic rings. The minimum absolute atomic E-state index is 0.0575. The number of furan rings is 1. The van der Waals surface area contributed by atoms with Gasteiger partial charge in [-0.3, -0.25) is 25.5 Å². The molecule has 0 atom stereocenters. The van der Waals surface area contributed by atoms with Crippen LogP contribution in [-0.2, 0) is 0 Å². The highest BCUT2D eigenvalue weighted by Gasteiger charge is 2.15. The van der Waals surface area contributed by atoms with E-state index in [4.69, 9.17) is 16.0 Å². The van der Waals surface area contributed by atoms with Gasteiger partial charge in [0.25, 0.3) is 5.91 Å². The SMILES string of the molecule is O=C(NNC(=O)c1cc2cc(Cl)ccc2o1)c1cc(-c2ccccc2)n[nH]1. The fraction of sp³-hybridized carbons (Fsp3) is 0. The molecule has 0 saturated heterocycles. The van der Waals surface area contributed by atoms with Gasteiger partial charge in [-0.1, -0.05) is 41.9 Å². The Morgan fingerprint density at radius 3 is 2.56 bits per heavy atom. The monoisotopic (exact) mass is 380 g/mol. The van der Waals surface area contributed by atoms with E-state index in [0.717, 1.165) is 5.56 Å². The molecule has 0 unspecified atom stereocenters. The summed E-state index contributed by atoms with van der Waals surface area (Å²) in [5.41, 5.74) is 6.87. The molecule has 0 aliphatic carbocycles. The van der Waals surface area contributed by atoms with Gasteiger partial charge >= 0.3 is 5.91 Å². The van der Waals surface area contributed by atoms with Crippen molar-refractivity contribution in [3.05, 3.63) is 77.1 Å². The maximum absolute atomic E-state index is 12.2. The number of carbonyl (C=O) groups excluding carboxylic acids is 2. The lowest BCUT2D eigenvalue weighted by Crippen LogP contribution is -2.41. The molecule has 4 rings (SSSR count). The lowest BCUT2D eigenvalue weighted by molar-refractivity contribution is 0.0830. The van der Waals surface area contributed by atoms with Crippen LogP contribution in [0.15, 0.2) is 65.1 Å². The number of aromatic nitrogens is 2. The van der Waals surface area contributed by atoms with Crippen molar-refractivity contribution in [3.8, 4) is 11.3 Å². The summed E-state index contributed by atoms with van der Waals surface area (Å²) in [6.07, 6.45) is 0. The van der Waals surface area contributed by atoms with Crippen LogP contribution < -0.4 is 10.9 Å². The molecule has 2 heterocycles. The highest BCUT2D eigenvalue weighted by Crippen LogP contribution is 2.23. The molecular formula is C19H13ClN4O3. The van der Waals surface area contributed by atoms with Gasteiger partial charge in [-0.25, -0.2) is 0 Å². The zero-order chi connectivity index (χ0) is 18.8. The Hall–Kier alpha value is -3.58. The second kappa shape index (κ2) is 6.97. The Bertz CT molecular complexity index is 1130. The van der Waals surface area contributed by atoms with E-state index in [1.165, 1.54) is 0 Å². The number of hydrazine groups is 1. The van der Waals surface area contributed by atoms with Crippen molar-refractivity contribution in [2.75, 3.05) is 0 Å². The van der Waals surface area contributed by atoms with Gasteiger partial charge in [0.15, 0.2) is 5.76 Å². The summed E-state index contributed by atoms with van der Waals surface area (Å²) < 4.78 is 5.44. The number of nitrogens with one attached hydrogen (secondary N) is 3. The molecule has 27 heavy (non-hydrogen) atoms. The van der Waals surface area contributed by atoms with Crippen LogP contribution in [-0.4, -0.2) is 22.0 Å². The Morgan fingerprint density at radius 1 is 0.963 bits per heavy atom. The van der Waals surface area contributed by atoms with Crippen molar-refractivity contribution in [1.29, 1.82) is 0 Å². The average molecular weight is 381 g/mol. The van der Waals surface area contributed by atoms with Gasteiger partial charge in [-0.2, -0.15) is 5.10 Å². The van der Waals surface area contributed by atoms with Gasteiger partial charge in [0.1, 0.15) is 11.3 Å². The molecular weight excluding hydrogens is 368 g/mol. The van der Waals surface area contributed by atoms with Crippen LogP contribution in [0.2, 0.25) is 5.02 Å². The molecule has 0 bridgehead atoms. The molecule has 7 nitrogen and oxygen atoms in total. The maximum Gasteiger partial charge on any atom is 0.305 e. The molecule has 134 valence electrons. The number of halogens is 1. The molecule has 4 aromatic rings. The average Bonchev–Trinajstić information content (AvgIpc) is 3.33. The number of amides is 2. The first-order chi connectivity index (χ1) is 13.1. The summed E-state index contributed by atoms with van der Waals surface area (Å²) >= 11 is 5.92. The summed E-state index contributed by atoms with van der Waals surface area (Å²) in [5.74, 6) is -1.06. The predicted octanol–water partition coefficient (Wildman–Crippen LogP) is 3.55. The largest absolute Gasteiger partial charge is 0.451 e. The first-order valence-electron chi connectivity index (χ1n) is 8.01. The van der Waals surface area contributed by atoms with E-state index < -0.39 is 11.8 Å². The number of nitrogens with zero attached hydrogens (tertiary/aromatic N) is 1. The van der Waals surface area contributed by atoms with Gasteiger partial charge in [0.05, 0.1) is 5.69 Å². The van der Waals surface area contributed by atoms with E-state index in [1.54, 1.807) is 30.3 Å².